The average Bonchev–Trinajstić information content (AvgIpc) is 2.43. The van der Waals surface area contributed by atoms with Crippen LogP contribution in [0.1, 0.15) is 26.2 Å². The molecule has 0 amide bonds. The van der Waals surface area contributed by atoms with Crippen LogP contribution in [0.5, 0.6) is 0 Å². The molecule has 0 aromatic carbocycles. The van der Waals surface area contributed by atoms with Gasteiger partial charge >= 0.3 is 0 Å². The molecule has 0 atom stereocenters. The summed E-state index contributed by atoms with van der Waals surface area (Å²) in [6.07, 6.45) is 4.59. The zero-order valence-electron chi connectivity index (χ0n) is 13.4. The topological polar surface area (TPSA) is 85.8 Å². The van der Waals surface area contributed by atoms with E-state index in [2.05, 4.69) is 32.2 Å². The van der Waals surface area contributed by atoms with Crippen LogP contribution < -0.4 is 15.4 Å². The van der Waals surface area contributed by atoms with Gasteiger partial charge in [-0.05, 0) is 25.8 Å². The summed E-state index contributed by atoms with van der Waals surface area (Å²) in [7, 11) is -1.40. The van der Waals surface area contributed by atoms with Gasteiger partial charge in [-0.3, -0.25) is 4.99 Å². The van der Waals surface area contributed by atoms with Gasteiger partial charge in [-0.1, -0.05) is 6.92 Å². The zero-order valence-corrected chi connectivity index (χ0v) is 14.2. The summed E-state index contributed by atoms with van der Waals surface area (Å²) in [6.45, 7) is 6.50. The second-order valence-electron chi connectivity index (χ2n) is 5.43. The van der Waals surface area contributed by atoms with Gasteiger partial charge in [-0.25, -0.2) is 13.1 Å². The summed E-state index contributed by atoms with van der Waals surface area (Å²) >= 11 is 0. The van der Waals surface area contributed by atoms with Gasteiger partial charge in [0, 0.05) is 39.3 Å². The molecule has 1 fully saturated rings. The Hall–Kier alpha value is -0.860. The van der Waals surface area contributed by atoms with Crippen LogP contribution in [0.4, 0.5) is 0 Å². The van der Waals surface area contributed by atoms with Gasteiger partial charge in [0.25, 0.3) is 0 Å². The Labute approximate surface area is 128 Å². The fourth-order valence-electron chi connectivity index (χ4n) is 2.42. The highest BCUT2D eigenvalue weighted by Crippen LogP contribution is 2.10. The smallest absolute Gasteiger partial charge is 0.208 e. The highest BCUT2D eigenvalue weighted by Gasteiger charge is 2.19. The van der Waals surface area contributed by atoms with E-state index in [1.165, 1.54) is 13.0 Å². The molecule has 21 heavy (non-hydrogen) atoms. The van der Waals surface area contributed by atoms with Crippen LogP contribution >= 0.6 is 0 Å². The van der Waals surface area contributed by atoms with Crippen LogP contribution in [0.15, 0.2) is 4.99 Å². The molecule has 1 heterocycles. The first-order chi connectivity index (χ1) is 9.94. The minimum atomic E-state index is -3.12. The van der Waals surface area contributed by atoms with E-state index in [-0.39, 0.29) is 0 Å². The van der Waals surface area contributed by atoms with Crippen molar-refractivity contribution >= 4 is 16.0 Å². The number of nitrogens with zero attached hydrogens (tertiary/aromatic N) is 2. The molecule has 0 aromatic rings. The van der Waals surface area contributed by atoms with E-state index in [4.69, 9.17) is 0 Å². The van der Waals surface area contributed by atoms with Crippen molar-refractivity contribution in [3.63, 3.8) is 0 Å². The van der Waals surface area contributed by atoms with Gasteiger partial charge < -0.3 is 15.5 Å². The van der Waals surface area contributed by atoms with Gasteiger partial charge in [0.1, 0.15) is 0 Å². The zero-order chi connectivity index (χ0) is 15.7. The number of likely N-dealkylation sites (tertiary alicyclic amines) is 1. The van der Waals surface area contributed by atoms with Crippen molar-refractivity contribution in [3.8, 4) is 0 Å². The third kappa shape index (κ3) is 8.23. The van der Waals surface area contributed by atoms with E-state index in [9.17, 15) is 8.42 Å². The molecule has 3 N–H and O–H groups in total. The third-order valence-electron chi connectivity index (χ3n) is 3.47. The maximum absolute atomic E-state index is 11.0. The quantitative estimate of drug-likeness (QED) is 0.337. The molecule has 1 rings (SSSR count). The monoisotopic (exact) mass is 319 g/mol. The molecule has 0 unspecified atom stereocenters. The van der Waals surface area contributed by atoms with Crippen LogP contribution in [-0.2, 0) is 10.0 Å². The maximum atomic E-state index is 11.0. The molecule has 0 spiro atoms. The normalized spacial score (nSPS) is 18.7. The molecule has 0 bridgehead atoms. The van der Waals surface area contributed by atoms with Crippen molar-refractivity contribution in [3.05, 3.63) is 0 Å². The first kappa shape index (κ1) is 18.2. The van der Waals surface area contributed by atoms with E-state index < -0.39 is 10.0 Å². The summed E-state index contributed by atoms with van der Waals surface area (Å²) in [4.78, 5) is 6.67. The molecule has 1 aliphatic heterocycles. The fraction of sp³-hybridized carbons (Fsp3) is 0.923. The lowest BCUT2D eigenvalue weighted by atomic mass is 10.1. The predicted octanol–water partition coefficient (Wildman–Crippen LogP) is -0.425. The maximum Gasteiger partial charge on any atom is 0.208 e. The predicted molar refractivity (Wildman–Crippen MR) is 87.1 cm³/mol. The van der Waals surface area contributed by atoms with Crippen molar-refractivity contribution in [1.29, 1.82) is 0 Å². The summed E-state index contributed by atoms with van der Waals surface area (Å²) in [5.74, 6) is 0.735. The lowest BCUT2D eigenvalue weighted by molar-refractivity contribution is 0.206. The highest BCUT2D eigenvalue weighted by molar-refractivity contribution is 7.88. The molecule has 0 aliphatic carbocycles. The van der Waals surface area contributed by atoms with Crippen molar-refractivity contribution in [1.82, 2.24) is 20.3 Å². The molecular weight excluding hydrogens is 290 g/mol. The number of rotatable bonds is 7. The van der Waals surface area contributed by atoms with E-state index >= 15 is 0 Å². The van der Waals surface area contributed by atoms with Crippen molar-refractivity contribution in [2.24, 2.45) is 4.99 Å². The molecule has 1 saturated heterocycles. The standard InChI is InChI=1S/C13H29N5O2S/c1-4-9-18-10-5-12(6-11-18)17-13(14-2)15-7-8-16-21(3,19)20/h12,16H,4-11H2,1-3H3,(H2,14,15,17). The van der Waals surface area contributed by atoms with E-state index in [0.717, 1.165) is 38.1 Å². The van der Waals surface area contributed by atoms with Gasteiger partial charge in [0.05, 0.1) is 6.26 Å². The Kier molecular flexibility index (Phi) is 7.98. The number of nitrogens with one attached hydrogen (secondary N) is 3. The molecule has 0 aromatic heterocycles. The molecule has 8 heteroatoms. The Morgan fingerprint density at radius 1 is 1.29 bits per heavy atom. The van der Waals surface area contributed by atoms with E-state index in [1.807, 2.05) is 0 Å². The Morgan fingerprint density at radius 2 is 1.95 bits per heavy atom. The molecule has 7 nitrogen and oxygen atoms in total. The Bertz CT molecular complexity index is 416. The summed E-state index contributed by atoms with van der Waals surface area (Å²) in [5, 5.41) is 6.52. The Balaban J connectivity index is 2.23. The van der Waals surface area contributed by atoms with Gasteiger partial charge in [0.15, 0.2) is 5.96 Å². The molecule has 1 aliphatic rings. The second-order valence-corrected chi connectivity index (χ2v) is 7.26. The summed E-state index contributed by atoms with van der Waals surface area (Å²) in [6, 6.07) is 0.437. The highest BCUT2D eigenvalue weighted by atomic mass is 32.2. The van der Waals surface area contributed by atoms with Crippen molar-refractivity contribution < 1.29 is 8.42 Å². The number of piperidine rings is 1. The van der Waals surface area contributed by atoms with Crippen LogP contribution in [0, 0.1) is 0 Å². The molecular formula is C13H29N5O2S. The lowest BCUT2D eigenvalue weighted by Crippen LogP contribution is -2.49. The molecule has 124 valence electrons. The summed E-state index contributed by atoms with van der Waals surface area (Å²) < 4.78 is 24.4. The largest absolute Gasteiger partial charge is 0.355 e. The average molecular weight is 319 g/mol. The van der Waals surface area contributed by atoms with Crippen LogP contribution in [0.3, 0.4) is 0 Å². The lowest BCUT2D eigenvalue weighted by Gasteiger charge is -2.32. The van der Waals surface area contributed by atoms with Gasteiger partial charge in [-0.2, -0.15) is 0 Å². The van der Waals surface area contributed by atoms with E-state index in [1.54, 1.807) is 7.05 Å². The van der Waals surface area contributed by atoms with E-state index in [0.29, 0.717) is 19.1 Å². The first-order valence-electron chi connectivity index (χ1n) is 7.58. The number of sulfonamides is 1. The van der Waals surface area contributed by atoms with Crippen LogP contribution in [0.2, 0.25) is 0 Å². The summed E-state index contributed by atoms with van der Waals surface area (Å²) in [5.41, 5.74) is 0. The fourth-order valence-corrected chi connectivity index (χ4v) is 2.90. The first-order valence-corrected chi connectivity index (χ1v) is 9.48. The number of aliphatic imine (C=N–C) groups is 1. The third-order valence-corrected chi connectivity index (χ3v) is 4.20. The van der Waals surface area contributed by atoms with Gasteiger partial charge in [-0.15, -0.1) is 0 Å². The number of hydrogen-bond donors (Lipinski definition) is 3. The number of hydrogen-bond acceptors (Lipinski definition) is 4. The Morgan fingerprint density at radius 3 is 2.48 bits per heavy atom. The van der Waals surface area contributed by atoms with Crippen molar-refractivity contribution in [2.75, 3.05) is 46.0 Å². The van der Waals surface area contributed by atoms with Crippen molar-refractivity contribution in [2.45, 2.75) is 32.2 Å². The second kappa shape index (κ2) is 9.22. The molecule has 0 radical (unpaired) electrons. The number of guanidine groups is 1. The SMILES string of the molecule is CCCN1CCC(NC(=NC)NCCNS(C)(=O)=O)CC1. The minimum Gasteiger partial charge on any atom is -0.355 e. The van der Waals surface area contributed by atoms with Gasteiger partial charge in [0.2, 0.25) is 10.0 Å². The minimum absolute atomic E-state index is 0.356. The van der Waals surface area contributed by atoms with Crippen LogP contribution in [-0.4, -0.2) is 71.3 Å². The molecule has 0 saturated carbocycles. The van der Waals surface area contributed by atoms with Crippen LogP contribution in [0.25, 0.3) is 0 Å².